The van der Waals surface area contributed by atoms with E-state index in [1.54, 1.807) is 6.07 Å². The van der Waals surface area contributed by atoms with Gasteiger partial charge in [-0.3, -0.25) is 4.79 Å². The SMILES string of the molecule is COc1ccc(C(=O)NC(CF)C(=O)O)cc1OC1CCCC1. The topological polar surface area (TPSA) is 84.9 Å². The van der Waals surface area contributed by atoms with E-state index in [0.29, 0.717) is 11.5 Å². The van der Waals surface area contributed by atoms with Crippen molar-refractivity contribution in [1.82, 2.24) is 5.32 Å². The van der Waals surface area contributed by atoms with E-state index in [2.05, 4.69) is 5.32 Å². The van der Waals surface area contributed by atoms with Gasteiger partial charge in [-0.1, -0.05) is 0 Å². The molecule has 7 heteroatoms. The van der Waals surface area contributed by atoms with Crippen LogP contribution in [-0.4, -0.2) is 42.9 Å². The van der Waals surface area contributed by atoms with Gasteiger partial charge in [-0.05, 0) is 43.9 Å². The number of amides is 1. The van der Waals surface area contributed by atoms with Gasteiger partial charge in [0.25, 0.3) is 5.91 Å². The zero-order chi connectivity index (χ0) is 16.8. The Kier molecular flexibility index (Phi) is 5.78. The third-order valence-electron chi connectivity index (χ3n) is 3.78. The lowest BCUT2D eigenvalue weighted by molar-refractivity contribution is -0.139. The number of aliphatic carboxylic acids is 1. The van der Waals surface area contributed by atoms with E-state index in [-0.39, 0.29) is 11.7 Å². The number of carbonyl (C=O) groups excluding carboxylic acids is 1. The molecule has 1 aromatic carbocycles. The molecule has 1 fully saturated rings. The number of carboxylic acids is 1. The highest BCUT2D eigenvalue weighted by atomic mass is 19.1. The lowest BCUT2D eigenvalue weighted by atomic mass is 10.1. The van der Waals surface area contributed by atoms with Crippen molar-refractivity contribution in [1.29, 1.82) is 0 Å². The second kappa shape index (κ2) is 7.80. The van der Waals surface area contributed by atoms with E-state index in [1.165, 1.54) is 19.2 Å². The van der Waals surface area contributed by atoms with Gasteiger partial charge in [0.05, 0.1) is 13.2 Å². The Morgan fingerprint density at radius 3 is 2.61 bits per heavy atom. The zero-order valence-corrected chi connectivity index (χ0v) is 12.9. The molecule has 0 saturated heterocycles. The predicted octanol–water partition coefficient (Wildman–Crippen LogP) is 2.17. The molecule has 1 aliphatic rings. The summed E-state index contributed by atoms with van der Waals surface area (Å²) >= 11 is 0. The Hall–Kier alpha value is -2.31. The Balaban J connectivity index is 2.15. The molecule has 0 aliphatic heterocycles. The molecular weight excluding hydrogens is 305 g/mol. The average molecular weight is 325 g/mol. The molecular formula is C16H20FNO5. The molecule has 1 saturated carbocycles. The average Bonchev–Trinajstić information content (AvgIpc) is 3.05. The monoisotopic (exact) mass is 325 g/mol. The number of alkyl halides is 1. The summed E-state index contributed by atoms with van der Waals surface area (Å²) in [5, 5.41) is 10.9. The number of benzene rings is 1. The molecule has 0 spiro atoms. The highest BCUT2D eigenvalue weighted by molar-refractivity contribution is 5.97. The van der Waals surface area contributed by atoms with E-state index in [4.69, 9.17) is 14.6 Å². The first-order chi connectivity index (χ1) is 11.0. The van der Waals surface area contributed by atoms with Crippen LogP contribution in [0, 0.1) is 0 Å². The fraction of sp³-hybridized carbons (Fsp3) is 0.500. The van der Waals surface area contributed by atoms with Crippen LogP contribution in [0.25, 0.3) is 0 Å². The van der Waals surface area contributed by atoms with E-state index < -0.39 is 24.6 Å². The third-order valence-corrected chi connectivity index (χ3v) is 3.78. The first kappa shape index (κ1) is 17.1. The van der Waals surface area contributed by atoms with Crippen molar-refractivity contribution in [2.75, 3.05) is 13.8 Å². The molecule has 6 nitrogen and oxygen atoms in total. The van der Waals surface area contributed by atoms with Crippen LogP contribution in [0.4, 0.5) is 4.39 Å². The minimum atomic E-state index is -1.57. The van der Waals surface area contributed by atoms with Crippen LogP contribution in [0.3, 0.4) is 0 Å². The van der Waals surface area contributed by atoms with Crippen molar-refractivity contribution in [3.63, 3.8) is 0 Å². The largest absolute Gasteiger partial charge is 0.493 e. The maximum absolute atomic E-state index is 12.6. The molecule has 2 N–H and O–H groups in total. The van der Waals surface area contributed by atoms with Crippen molar-refractivity contribution >= 4 is 11.9 Å². The van der Waals surface area contributed by atoms with E-state index >= 15 is 0 Å². The van der Waals surface area contributed by atoms with Gasteiger partial charge >= 0.3 is 5.97 Å². The Labute approximate surface area is 133 Å². The Morgan fingerprint density at radius 1 is 1.35 bits per heavy atom. The highest BCUT2D eigenvalue weighted by Crippen LogP contribution is 2.32. The lowest BCUT2D eigenvalue weighted by Crippen LogP contribution is -2.42. The minimum absolute atomic E-state index is 0.0832. The second-order valence-corrected chi connectivity index (χ2v) is 5.41. The number of methoxy groups -OCH3 is 1. The first-order valence-electron chi connectivity index (χ1n) is 7.49. The van der Waals surface area contributed by atoms with Gasteiger partial charge in [0, 0.05) is 5.56 Å². The van der Waals surface area contributed by atoms with E-state index in [1.807, 2.05) is 0 Å². The van der Waals surface area contributed by atoms with Gasteiger partial charge in [-0.25, -0.2) is 9.18 Å². The fourth-order valence-electron chi connectivity index (χ4n) is 2.50. The molecule has 0 radical (unpaired) electrons. The zero-order valence-electron chi connectivity index (χ0n) is 12.9. The number of rotatable bonds is 7. The summed E-state index contributed by atoms with van der Waals surface area (Å²) in [7, 11) is 1.50. The molecule has 23 heavy (non-hydrogen) atoms. The number of hydrogen-bond acceptors (Lipinski definition) is 4. The molecule has 1 atom stereocenters. The quantitative estimate of drug-likeness (QED) is 0.802. The predicted molar refractivity (Wildman–Crippen MR) is 80.7 cm³/mol. The normalized spacial score (nSPS) is 15.9. The van der Waals surface area contributed by atoms with Crippen molar-refractivity contribution in [2.24, 2.45) is 0 Å². The summed E-state index contributed by atoms with van der Waals surface area (Å²) in [4.78, 5) is 22.9. The minimum Gasteiger partial charge on any atom is -0.493 e. The van der Waals surface area contributed by atoms with Gasteiger partial charge in [-0.15, -0.1) is 0 Å². The molecule has 2 rings (SSSR count). The standard InChI is InChI=1S/C16H20FNO5/c1-22-13-7-6-10(15(19)18-12(9-17)16(20)21)8-14(13)23-11-4-2-3-5-11/h6-8,11-12H,2-5,9H2,1H3,(H,18,19)(H,20,21). The second-order valence-electron chi connectivity index (χ2n) is 5.41. The first-order valence-corrected chi connectivity index (χ1v) is 7.49. The summed E-state index contributed by atoms with van der Waals surface area (Å²) in [6.07, 6.45) is 4.18. The molecule has 0 aromatic heterocycles. The highest BCUT2D eigenvalue weighted by Gasteiger charge is 2.22. The van der Waals surface area contributed by atoms with Crippen LogP contribution in [0.1, 0.15) is 36.0 Å². The Bertz CT molecular complexity index is 572. The van der Waals surface area contributed by atoms with Crippen molar-refractivity contribution in [2.45, 2.75) is 37.8 Å². The van der Waals surface area contributed by atoms with Crippen LogP contribution in [0.15, 0.2) is 18.2 Å². The summed E-state index contributed by atoms with van der Waals surface area (Å²) in [5.74, 6) is -1.17. The van der Waals surface area contributed by atoms with Gasteiger partial charge in [0.15, 0.2) is 17.5 Å². The van der Waals surface area contributed by atoms with Crippen LogP contribution in [0.5, 0.6) is 11.5 Å². The van der Waals surface area contributed by atoms with Crippen LogP contribution < -0.4 is 14.8 Å². The fourth-order valence-corrected chi connectivity index (χ4v) is 2.50. The van der Waals surface area contributed by atoms with E-state index in [0.717, 1.165) is 25.7 Å². The van der Waals surface area contributed by atoms with Crippen molar-refractivity contribution < 1.29 is 28.6 Å². The summed E-state index contributed by atoms with van der Waals surface area (Å²) in [6, 6.07) is 2.98. The Morgan fingerprint density at radius 2 is 2.04 bits per heavy atom. The third kappa shape index (κ3) is 4.34. The van der Waals surface area contributed by atoms with Crippen molar-refractivity contribution in [3.8, 4) is 11.5 Å². The maximum atomic E-state index is 12.6. The number of nitrogens with one attached hydrogen (secondary N) is 1. The molecule has 1 amide bonds. The van der Waals surface area contributed by atoms with Gasteiger partial charge < -0.3 is 19.9 Å². The molecule has 1 aromatic rings. The van der Waals surface area contributed by atoms with E-state index in [9.17, 15) is 14.0 Å². The number of carbonyl (C=O) groups is 2. The number of carboxylic acid groups (broad SMARTS) is 1. The van der Waals surface area contributed by atoms with Crippen LogP contribution in [0.2, 0.25) is 0 Å². The number of hydrogen-bond donors (Lipinski definition) is 2. The summed E-state index contributed by atoms with van der Waals surface area (Å²) in [5.41, 5.74) is 0.193. The molecule has 0 heterocycles. The summed E-state index contributed by atoms with van der Waals surface area (Å²) < 4.78 is 23.7. The number of halogens is 1. The van der Waals surface area contributed by atoms with Gasteiger partial charge in [0.2, 0.25) is 0 Å². The molecule has 126 valence electrons. The van der Waals surface area contributed by atoms with Gasteiger partial charge in [0.1, 0.15) is 6.67 Å². The maximum Gasteiger partial charge on any atom is 0.328 e. The number of ether oxygens (including phenoxy) is 2. The van der Waals surface area contributed by atoms with Gasteiger partial charge in [-0.2, -0.15) is 0 Å². The molecule has 1 aliphatic carbocycles. The summed E-state index contributed by atoms with van der Waals surface area (Å²) in [6.45, 7) is -1.18. The van der Waals surface area contributed by atoms with Crippen molar-refractivity contribution in [3.05, 3.63) is 23.8 Å². The van der Waals surface area contributed by atoms with Crippen LogP contribution >= 0.6 is 0 Å². The van der Waals surface area contributed by atoms with Crippen LogP contribution in [-0.2, 0) is 4.79 Å². The molecule has 0 bridgehead atoms. The molecule has 1 unspecified atom stereocenters. The lowest BCUT2D eigenvalue weighted by Gasteiger charge is -2.17. The smallest absolute Gasteiger partial charge is 0.328 e.